The molecule has 21 heavy (non-hydrogen) atoms. The van der Waals surface area contributed by atoms with Gasteiger partial charge in [0, 0.05) is 12.7 Å². The number of nitrogens with zero attached hydrogens (tertiary/aromatic N) is 1. The number of benzene rings is 2. The van der Waals surface area contributed by atoms with E-state index in [1.807, 2.05) is 68.6 Å². The highest BCUT2D eigenvalue weighted by Gasteiger charge is 2.25. The molecule has 0 fully saturated rings. The fourth-order valence-electron chi connectivity index (χ4n) is 2.47. The second kappa shape index (κ2) is 5.02. The van der Waals surface area contributed by atoms with E-state index in [1.165, 1.54) is 0 Å². The van der Waals surface area contributed by atoms with Gasteiger partial charge in [-0.05, 0) is 24.6 Å². The van der Waals surface area contributed by atoms with E-state index < -0.39 is 10.9 Å². The van der Waals surface area contributed by atoms with Crippen LogP contribution in [0.5, 0.6) is 0 Å². The summed E-state index contributed by atoms with van der Waals surface area (Å²) in [6.07, 6.45) is 0. The molecule has 0 aliphatic heterocycles. The molecule has 3 heteroatoms. The maximum Gasteiger partial charge on any atom is 0.250 e. The zero-order chi connectivity index (χ0) is 15.0. The van der Waals surface area contributed by atoms with Gasteiger partial charge in [0.05, 0.1) is 5.56 Å². The Labute approximate surface area is 122 Å². The molecule has 3 rings (SSSR count). The largest absolute Gasteiger partial charge is 0.341 e. The van der Waals surface area contributed by atoms with Gasteiger partial charge >= 0.3 is 0 Å². The van der Waals surface area contributed by atoms with Crippen LogP contribution in [0.4, 0.5) is 11.4 Å². The van der Waals surface area contributed by atoms with Crippen LogP contribution >= 0.6 is 0 Å². The molecule has 0 N–H and O–H groups in total. The number of rotatable bonds is 3. The highest BCUT2D eigenvalue weighted by Crippen LogP contribution is 2.30. The Morgan fingerprint density at radius 1 is 0.810 bits per heavy atom. The zero-order valence-corrected chi connectivity index (χ0v) is 12.0. The van der Waals surface area contributed by atoms with Crippen LogP contribution in [0, 0.1) is 6.92 Å². The standard InChI is InChI=1S/C18H15NO2/c1-12-8-10-14(11-9-12)19(2)16-15(17(20)18(16)21)13-6-4-3-5-7-13/h3-11H,1-2H3. The summed E-state index contributed by atoms with van der Waals surface area (Å²) < 4.78 is 0. The molecule has 104 valence electrons. The minimum Gasteiger partial charge on any atom is -0.341 e. The molecule has 0 amide bonds. The second-order valence-electron chi connectivity index (χ2n) is 5.14. The van der Waals surface area contributed by atoms with Crippen molar-refractivity contribution in [1.82, 2.24) is 0 Å². The van der Waals surface area contributed by atoms with Crippen molar-refractivity contribution < 1.29 is 0 Å². The van der Waals surface area contributed by atoms with Crippen molar-refractivity contribution in [2.75, 3.05) is 11.9 Å². The first-order valence-corrected chi connectivity index (χ1v) is 6.78. The monoisotopic (exact) mass is 277 g/mol. The third kappa shape index (κ3) is 2.17. The van der Waals surface area contributed by atoms with Gasteiger partial charge in [-0.15, -0.1) is 0 Å². The highest BCUT2D eigenvalue weighted by atomic mass is 16.2. The van der Waals surface area contributed by atoms with E-state index in [4.69, 9.17) is 0 Å². The van der Waals surface area contributed by atoms with E-state index in [-0.39, 0.29) is 0 Å². The normalized spacial score (nSPS) is 10.8. The van der Waals surface area contributed by atoms with E-state index in [1.54, 1.807) is 4.90 Å². The van der Waals surface area contributed by atoms with E-state index in [0.717, 1.165) is 16.8 Å². The van der Waals surface area contributed by atoms with Crippen molar-refractivity contribution in [3.05, 3.63) is 80.6 Å². The summed E-state index contributed by atoms with van der Waals surface area (Å²) >= 11 is 0. The molecule has 0 bridgehead atoms. The average molecular weight is 277 g/mol. The maximum absolute atomic E-state index is 12.0. The molecule has 0 aromatic heterocycles. The minimum atomic E-state index is -0.420. The molecule has 3 aromatic carbocycles. The first-order valence-electron chi connectivity index (χ1n) is 6.78. The van der Waals surface area contributed by atoms with Gasteiger partial charge in [-0.25, -0.2) is 0 Å². The van der Waals surface area contributed by atoms with Gasteiger partial charge in [0.2, 0.25) is 5.43 Å². The molecular weight excluding hydrogens is 262 g/mol. The first-order chi connectivity index (χ1) is 10.1. The zero-order valence-electron chi connectivity index (χ0n) is 12.0. The van der Waals surface area contributed by atoms with Crippen LogP contribution in [0.2, 0.25) is 0 Å². The van der Waals surface area contributed by atoms with Crippen LogP contribution in [-0.4, -0.2) is 7.05 Å². The van der Waals surface area contributed by atoms with Crippen molar-refractivity contribution in [1.29, 1.82) is 0 Å². The Bertz CT molecular complexity index is 841. The number of anilines is 2. The minimum absolute atomic E-state index is 0.407. The molecule has 0 radical (unpaired) electrons. The molecule has 0 aliphatic carbocycles. The van der Waals surface area contributed by atoms with Gasteiger partial charge in [-0.2, -0.15) is 0 Å². The van der Waals surface area contributed by atoms with E-state index in [2.05, 4.69) is 0 Å². The van der Waals surface area contributed by atoms with Crippen LogP contribution in [0.25, 0.3) is 11.1 Å². The molecule has 0 spiro atoms. The van der Waals surface area contributed by atoms with E-state index in [0.29, 0.717) is 11.3 Å². The molecule has 0 saturated heterocycles. The molecular formula is C18H15NO2. The lowest BCUT2D eigenvalue weighted by atomic mass is 9.97. The van der Waals surface area contributed by atoms with Gasteiger partial charge < -0.3 is 4.90 Å². The quantitative estimate of drug-likeness (QED) is 0.691. The van der Waals surface area contributed by atoms with E-state index >= 15 is 0 Å². The van der Waals surface area contributed by atoms with E-state index in [9.17, 15) is 9.59 Å². The van der Waals surface area contributed by atoms with Crippen molar-refractivity contribution in [3.63, 3.8) is 0 Å². The lowest BCUT2D eigenvalue weighted by Gasteiger charge is -2.23. The Morgan fingerprint density at radius 2 is 1.43 bits per heavy atom. The Morgan fingerprint density at radius 3 is 2.05 bits per heavy atom. The summed E-state index contributed by atoms with van der Waals surface area (Å²) in [5.74, 6) is 0. The third-order valence-corrected chi connectivity index (χ3v) is 3.70. The maximum atomic E-state index is 12.0. The fourth-order valence-corrected chi connectivity index (χ4v) is 2.47. The predicted octanol–water partition coefficient (Wildman–Crippen LogP) is 3.03. The molecule has 0 heterocycles. The Balaban J connectivity index is 2.08. The first kappa shape index (κ1) is 13.3. The SMILES string of the molecule is Cc1ccc(N(C)c2c(-c3ccccc3)c(=O)c2=O)cc1. The second-order valence-corrected chi connectivity index (χ2v) is 5.14. The molecule has 0 saturated carbocycles. The number of hydrogen-bond acceptors (Lipinski definition) is 3. The predicted molar refractivity (Wildman–Crippen MR) is 86.0 cm³/mol. The van der Waals surface area contributed by atoms with Gasteiger partial charge in [0.25, 0.3) is 5.43 Å². The number of aryl methyl sites for hydroxylation is 1. The molecule has 3 aromatic rings. The highest BCUT2D eigenvalue weighted by molar-refractivity contribution is 5.85. The van der Waals surface area contributed by atoms with Crippen molar-refractivity contribution in [2.45, 2.75) is 6.92 Å². The van der Waals surface area contributed by atoms with Gasteiger partial charge in [0.1, 0.15) is 5.69 Å². The Kier molecular flexibility index (Phi) is 3.18. The summed E-state index contributed by atoms with van der Waals surface area (Å²) in [4.78, 5) is 25.7. The van der Waals surface area contributed by atoms with Crippen LogP contribution in [0.1, 0.15) is 5.56 Å². The van der Waals surface area contributed by atoms with Crippen molar-refractivity contribution in [2.24, 2.45) is 0 Å². The van der Waals surface area contributed by atoms with Gasteiger partial charge in [-0.3, -0.25) is 9.59 Å². The molecule has 3 nitrogen and oxygen atoms in total. The van der Waals surface area contributed by atoms with Crippen LogP contribution in [-0.2, 0) is 0 Å². The van der Waals surface area contributed by atoms with Crippen LogP contribution in [0.15, 0.2) is 64.2 Å². The lowest BCUT2D eigenvalue weighted by Crippen LogP contribution is -2.38. The average Bonchev–Trinajstić information content (AvgIpc) is 2.52. The summed E-state index contributed by atoms with van der Waals surface area (Å²) in [6, 6.07) is 17.2. The fraction of sp³-hybridized carbons (Fsp3) is 0.111. The van der Waals surface area contributed by atoms with Gasteiger partial charge in [0.15, 0.2) is 0 Å². The summed E-state index contributed by atoms with van der Waals surface area (Å²) in [7, 11) is 1.81. The van der Waals surface area contributed by atoms with Crippen LogP contribution in [0.3, 0.4) is 0 Å². The lowest BCUT2D eigenvalue weighted by molar-refractivity contribution is 1.16. The number of hydrogen-bond donors (Lipinski definition) is 0. The van der Waals surface area contributed by atoms with Gasteiger partial charge in [-0.1, -0.05) is 48.0 Å². The summed E-state index contributed by atoms with van der Waals surface area (Å²) in [5.41, 5.74) is 2.98. The summed E-state index contributed by atoms with van der Waals surface area (Å²) in [6.45, 7) is 2.01. The molecule has 0 atom stereocenters. The van der Waals surface area contributed by atoms with Crippen molar-refractivity contribution in [3.8, 4) is 11.1 Å². The summed E-state index contributed by atoms with van der Waals surface area (Å²) in [5, 5.41) is 0. The topological polar surface area (TPSA) is 37.4 Å². The molecule has 0 unspecified atom stereocenters. The van der Waals surface area contributed by atoms with Crippen LogP contribution < -0.4 is 15.8 Å². The Hall–Kier alpha value is -2.68. The molecule has 0 aliphatic rings. The smallest absolute Gasteiger partial charge is 0.250 e. The van der Waals surface area contributed by atoms with Crippen molar-refractivity contribution >= 4 is 11.4 Å². The third-order valence-electron chi connectivity index (χ3n) is 3.70.